The fourth-order valence-corrected chi connectivity index (χ4v) is 4.32. The van der Waals surface area contributed by atoms with Crippen molar-refractivity contribution in [1.29, 1.82) is 0 Å². The summed E-state index contributed by atoms with van der Waals surface area (Å²) in [5.41, 5.74) is 3.75. The van der Waals surface area contributed by atoms with Crippen molar-refractivity contribution in [3.8, 4) is 17.4 Å². The number of benzene rings is 3. The molecule has 2 N–H and O–H groups in total. The molecular formula is C31H34N4O5. The fourth-order valence-electron chi connectivity index (χ4n) is 4.32. The van der Waals surface area contributed by atoms with Gasteiger partial charge in [-0.1, -0.05) is 30.3 Å². The third-order valence-electron chi connectivity index (χ3n) is 6.30. The number of aliphatic imine (C=N–C) groups is 1. The molecule has 9 nitrogen and oxygen atoms in total. The molecule has 0 aliphatic heterocycles. The lowest BCUT2D eigenvalue weighted by atomic mass is 10.0. The summed E-state index contributed by atoms with van der Waals surface area (Å²) in [6, 6.07) is 20.3. The largest absolute Gasteiger partial charge is 0.494 e. The Morgan fingerprint density at radius 2 is 1.55 bits per heavy atom. The van der Waals surface area contributed by atoms with Gasteiger partial charge in [0, 0.05) is 43.7 Å². The topological polar surface area (TPSA) is 107 Å². The Hall–Kier alpha value is -4.79. The molecule has 208 valence electrons. The molecule has 0 bridgehead atoms. The number of aromatic amines is 1. The molecule has 40 heavy (non-hydrogen) atoms. The van der Waals surface area contributed by atoms with E-state index < -0.39 is 0 Å². The van der Waals surface area contributed by atoms with Gasteiger partial charge in [0.15, 0.2) is 17.4 Å². The zero-order valence-corrected chi connectivity index (χ0v) is 23.4. The second-order valence-corrected chi connectivity index (χ2v) is 9.30. The normalized spacial score (nSPS) is 11.4. The lowest BCUT2D eigenvalue weighted by Crippen LogP contribution is -2.39. The second kappa shape index (κ2) is 12.4. The highest BCUT2D eigenvalue weighted by atomic mass is 16.5. The van der Waals surface area contributed by atoms with Crippen molar-refractivity contribution in [3.63, 3.8) is 0 Å². The second-order valence-electron chi connectivity index (χ2n) is 9.30. The number of nitrogens with zero attached hydrogens (tertiary/aromatic N) is 3. The number of fused-ring (bicyclic) bond motifs is 1. The average Bonchev–Trinajstić information content (AvgIpc) is 3.25. The molecule has 0 spiro atoms. The Labute approximate surface area is 233 Å². The van der Waals surface area contributed by atoms with Gasteiger partial charge in [0.2, 0.25) is 11.8 Å². The predicted octanol–water partition coefficient (Wildman–Crippen LogP) is 5.28. The van der Waals surface area contributed by atoms with Crippen LogP contribution in [-0.2, 0) is 9.59 Å². The van der Waals surface area contributed by atoms with Gasteiger partial charge >= 0.3 is 0 Å². The number of H-pyrrole nitrogens is 1. The monoisotopic (exact) mass is 542 g/mol. The van der Waals surface area contributed by atoms with E-state index in [-0.39, 0.29) is 24.2 Å². The van der Waals surface area contributed by atoms with Crippen molar-refractivity contribution in [1.82, 2.24) is 9.88 Å². The van der Waals surface area contributed by atoms with Crippen LogP contribution in [-0.4, -0.2) is 66.4 Å². The number of carbonyl (C=O) groups is 2. The van der Waals surface area contributed by atoms with Gasteiger partial charge in [0.1, 0.15) is 6.54 Å². The first-order valence-corrected chi connectivity index (χ1v) is 13.1. The highest BCUT2D eigenvalue weighted by Gasteiger charge is 2.22. The quantitative estimate of drug-likeness (QED) is 0.265. The van der Waals surface area contributed by atoms with E-state index in [9.17, 15) is 14.7 Å². The van der Waals surface area contributed by atoms with E-state index in [0.29, 0.717) is 52.9 Å². The number of anilines is 1. The van der Waals surface area contributed by atoms with Gasteiger partial charge in [-0.25, -0.2) is 4.99 Å². The van der Waals surface area contributed by atoms with Crippen LogP contribution in [0.15, 0.2) is 71.7 Å². The molecule has 3 aromatic carbocycles. The van der Waals surface area contributed by atoms with Gasteiger partial charge < -0.3 is 29.4 Å². The third kappa shape index (κ3) is 6.09. The van der Waals surface area contributed by atoms with E-state index in [2.05, 4.69) is 4.98 Å². The molecule has 0 saturated heterocycles. The molecule has 0 unspecified atom stereocenters. The molecule has 4 rings (SSSR count). The Bertz CT molecular complexity index is 1530. The zero-order chi connectivity index (χ0) is 28.8. The van der Waals surface area contributed by atoms with Crippen LogP contribution >= 0.6 is 0 Å². The maximum absolute atomic E-state index is 12.3. The van der Waals surface area contributed by atoms with E-state index in [1.807, 2.05) is 56.3 Å². The number of aromatic hydroxyl groups is 1. The standard InChI is InChI=1S/C31H34N4O5/c1-6-39-26-17-24-25(18-27(26)40-7-2)33-31(38)29(24)30(21-11-9-8-10-12-21)32-22-13-15-23(16-14-22)35(20(3)36)19-28(37)34(4)5/h8-18,33,38H,6-7,19H2,1-5H3. The molecule has 1 heterocycles. The number of ether oxygens (including phenoxy) is 2. The van der Waals surface area contributed by atoms with Crippen LogP contribution < -0.4 is 14.4 Å². The number of aromatic nitrogens is 1. The molecule has 0 aliphatic carbocycles. The van der Waals surface area contributed by atoms with Crippen molar-refractivity contribution in [2.24, 2.45) is 4.99 Å². The Kier molecular flexibility index (Phi) is 8.73. The van der Waals surface area contributed by atoms with Crippen molar-refractivity contribution in [2.75, 3.05) is 38.8 Å². The van der Waals surface area contributed by atoms with Gasteiger partial charge in [0.05, 0.1) is 35.7 Å². The van der Waals surface area contributed by atoms with Crippen LogP contribution in [0.3, 0.4) is 0 Å². The maximum Gasteiger partial charge on any atom is 0.242 e. The Morgan fingerprint density at radius 3 is 2.12 bits per heavy atom. The Balaban J connectivity index is 1.82. The summed E-state index contributed by atoms with van der Waals surface area (Å²) in [7, 11) is 3.30. The lowest BCUT2D eigenvalue weighted by molar-refractivity contribution is -0.129. The first-order chi connectivity index (χ1) is 19.2. The maximum atomic E-state index is 12.3. The smallest absolute Gasteiger partial charge is 0.242 e. The van der Waals surface area contributed by atoms with Gasteiger partial charge in [0.25, 0.3) is 0 Å². The van der Waals surface area contributed by atoms with E-state index in [1.54, 1.807) is 38.4 Å². The predicted molar refractivity (Wildman–Crippen MR) is 157 cm³/mol. The molecule has 0 atom stereocenters. The van der Waals surface area contributed by atoms with Crippen LogP contribution in [0, 0.1) is 0 Å². The average molecular weight is 543 g/mol. The highest BCUT2D eigenvalue weighted by molar-refractivity contribution is 6.22. The molecule has 2 amide bonds. The molecular weight excluding hydrogens is 508 g/mol. The van der Waals surface area contributed by atoms with Crippen molar-refractivity contribution in [3.05, 3.63) is 77.9 Å². The van der Waals surface area contributed by atoms with Crippen LogP contribution in [0.25, 0.3) is 10.9 Å². The van der Waals surface area contributed by atoms with Gasteiger partial charge in [-0.15, -0.1) is 0 Å². The fraction of sp³-hybridized carbons (Fsp3) is 0.258. The minimum absolute atomic E-state index is 0.0322. The first kappa shape index (κ1) is 28.2. The van der Waals surface area contributed by atoms with Crippen LogP contribution in [0.2, 0.25) is 0 Å². The number of hydrogen-bond donors (Lipinski definition) is 2. The molecule has 0 aliphatic rings. The molecule has 4 aromatic rings. The van der Waals surface area contributed by atoms with E-state index in [1.165, 1.54) is 16.7 Å². The molecule has 0 fully saturated rings. The molecule has 9 heteroatoms. The number of nitrogens with one attached hydrogen (secondary N) is 1. The van der Waals surface area contributed by atoms with E-state index in [0.717, 1.165) is 10.9 Å². The van der Waals surface area contributed by atoms with Gasteiger partial charge in [-0.2, -0.15) is 0 Å². The van der Waals surface area contributed by atoms with Crippen molar-refractivity contribution in [2.45, 2.75) is 20.8 Å². The summed E-state index contributed by atoms with van der Waals surface area (Å²) in [5.74, 6) is 0.705. The zero-order valence-electron chi connectivity index (χ0n) is 23.4. The van der Waals surface area contributed by atoms with E-state index >= 15 is 0 Å². The number of amides is 2. The summed E-state index contributed by atoms with van der Waals surface area (Å²) in [5, 5.41) is 11.8. The summed E-state index contributed by atoms with van der Waals surface area (Å²) < 4.78 is 11.6. The summed E-state index contributed by atoms with van der Waals surface area (Å²) in [6.07, 6.45) is 0. The minimum Gasteiger partial charge on any atom is -0.494 e. The van der Waals surface area contributed by atoms with Crippen LogP contribution in [0.1, 0.15) is 31.9 Å². The number of carbonyl (C=O) groups excluding carboxylic acids is 2. The molecule has 1 aromatic heterocycles. The SMILES string of the molecule is CCOc1cc2[nH]c(O)c(C(=Nc3ccc(N(CC(=O)N(C)C)C(C)=O)cc3)c3ccccc3)c2cc1OCC. The number of rotatable bonds is 10. The van der Waals surface area contributed by atoms with Crippen molar-refractivity contribution >= 4 is 39.8 Å². The summed E-state index contributed by atoms with van der Waals surface area (Å²) in [6.45, 7) is 6.10. The molecule has 0 radical (unpaired) electrons. The number of likely N-dealkylation sites (N-methyl/N-ethyl adjacent to an activating group) is 1. The first-order valence-electron chi connectivity index (χ1n) is 13.1. The lowest BCUT2D eigenvalue weighted by Gasteiger charge is -2.22. The highest BCUT2D eigenvalue weighted by Crippen LogP contribution is 2.38. The number of hydrogen-bond acceptors (Lipinski definition) is 6. The summed E-state index contributed by atoms with van der Waals surface area (Å²) >= 11 is 0. The Morgan fingerprint density at radius 1 is 0.925 bits per heavy atom. The van der Waals surface area contributed by atoms with Crippen LogP contribution in [0.4, 0.5) is 11.4 Å². The van der Waals surface area contributed by atoms with Gasteiger partial charge in [-0.3, -0.25) is 9.59 Å². The minimum atomic E-state index is -0.239. The van der Waals surface area contributed by atoms with Crippen molar-refractivity contribution < 1.29 is 24.2 Å². The van der Waals surface area contributed by atoms with E-state index in [4.69, 9.17) is 14.5 Å². The van der Waals surface area contributed by atoms with Gasteiger partial charge in [-0.05, 0) is 44.2 Å². The van der Waals surface area contributed by atoms with Crippen LogP contribution in [0.5, 0.6) is 17.4 Å². The molecule has 0 saturated carbocycles. The third-order valence-corrected chi connectivity index (χ3v) is 6.30. The summed E-state index contributed by atoms with van der Waals surface area (Å²) in [4.78, 5) is 35.4.